The van der Waals surface area contributed by atoms with Gasteiger partial charge in [-0.1, -0.05) is 0 Å². The highest BCUT2D eigenvalue weighted by molar-refractivity contribution is 9.10. The summed E-state index contributed by atoms with van der Waals surface area (Å²) in [6.45, 7) is 0. The zero-order valence-electron chi connectivity index (χ0n) is 9.15. The summed E-state index contributed by atoms with van der Waals surface area (Å²) in [5, 5.41) is 0.850. The van der Waals surface area contributed by atoms with Gasteiger partial charge in [0.05, 0.1) is 10.2 Å². The monoisotopic (exact) mass is 322 g/mol. The van der Waals surface area contributed by atoms with Crippen molar-refractivity contribution in [2.24, 2.45) is 0 Å². The first-order chi connectivity index (χ1) is 8.63. The van der Waals surface area contributed by atoms with Crippen molar-refractivity contribution in [1.82, 2.24) is 4.98 Å². The highest BCUT2D eigenvalue weighted by Gasteiger charge is 2.10. The van der Waals surface area contributed by atoms with Crippen LogP contribution in [0.5, 0.6) is 0 Å². The third-order valence-corrected chi connectivity index (χ3v) is 4.28. The molecule has 90 valence electrons. The van der Waals surface area contributed by atoms with Crippen LogP contribution >= 0.6 is 27.3 Å². The lowest BCUT2D eigenvalue weighted by molar-refractivity contribution is 0.627. The highest BCUT2D eigenvalue weighted by Crippen LogP contribution is 2.35. The van der Waals surface area contributed by atoms with Crippen LogP contribution in [0.2, 0.25) is 0 Å². The van der Waals surface area contributed by atoms with E-state index in [2.05, 4.69) is 20.9 Å². The largest absolute Gasteiger partial charge is 0.399 e. The topological polar surface area (TPSA) is 38.9 Å². The summed E-state index contributed by atoms with van der Waals surface area (Å²) in [7, 11) is 0. The Bertz CT molecular complexity index is 739. The standard InChI is InChI=1S/C13H8BrFN2S/c14-10-5-7(15)1-3-9(10)13-17-11-4-2-8(16)6-12(11)18-13/h1-6H,16H2. The van der Waals surface area contributed by atoms with E-state index < -0.39 is 0 Å². The van der Waals surface area contributed by atoms with E-state index in [0.29, 0.717) is 4.47 Å². The van der Waals surface area contributed by atoms with Gasteiger partial charge in [-0.3, -0.25) is 0 Å². The van der Waals surface area contributed by atoms with Gasteiger partial charge in [0.25, 0.3) is 0 Å². The van der Waals surface area contributed by atoms with E-state index in [1.807, 2.05) is 18.2 Å². The number of nitrogens with two attached hydrogens (primary N) is 1. The number of halogens is 2. The van der Waals surface area contributed by atoms with Crippen LogP contribution in [0, 0.1) is 5.82 Å². The fraction of sp³-hybridized carbons (Fsp3) is 0. The Balaban J connectivity index is 2.19. The Morgan fingerprint density at radius 2 is 2.00 bits per heavy atom. The third kappa shape index (κ3) is 2.00. The van der Waals surface area contributed by atoms with Crippen molar-refractivity contribution in [3.8, 4) is 10.6 Å². The number of fused-ring (bicyclic) bond motifs is 1. The molecular weight excluding hydrogens is 315 g/mol. The Morgan fingerprint density at radius 3 is 2.78 bits per heavy atom. The molecule has 3 aromatic rings. The van der Waals surface area contributed by atoms with Crippen LogP contribution in [-0.4, -0.2) is 4.98 Å². The molecule has 0 atom stereocenters. The smallest absolute Gasteiger partial charge is 0.125 e. The summed E-state index contributed by atoms with van der Waals surface area (Å²) in [5.41, 5.74) is 8.25. The first-order valence-corrected chi connectivity index (χ1v) is 6.86. The number of hydrogen-bond donors (Lipinski definition) is 1. The maximum absolute atomic E-state index is 13.1. The van der Waals surface area contributed by atoms with Crippen LogP contribution in [0.3, 0.4) is 0 Å². The molecule has 0 saturated heterocycles. The van der Waals surface area contributed by atoms with Gasteiger partial charge in [-0.15, -0.1) is 11.3 Å². The molecule has 0 aliphatic heterocycles. The molecule has 2 N–H and O–H groups in total. The van der Waals surface area contributed by atoms with E-state index in [0.717, 1.165) is 26.5 Å². The predicted octanol–water partition coefficient (Wildman–Crippen LogP) is 4.45. The van der Waals surface area contributed by atoms with Crippen LogP contribution in [0.4, 0.5) is 10.1 Å². The first kappa shape index (κ1) is 11.6. The summed E-state index contributed by atoms with van der Waals surface area (Å²) in [5.74, 6) is -0.268. The summed E-state index contributed by atoms with van der Waals surface area (Å²) in [6, 6.07) is 10.2. The van der Waals surface area contributed by atoms with E-state index in [4.69, 9.17) is 5.73 Å². The molecule has 0 aliphatic carbocycles. The lowest BCUT2D eigenvalue weighted by Gasteiger charge is -1.99. The molecule has 2 nitrogen and oxygen atoms in total. The molecule has 5 heteroatoms. The molecule has 0 fully saturated rings. The molecule has 3 rings (SSSR count). The molecule has 0 saturated carbocycles. The predicted molar refractivity (Wildman–Crippen MR) is 77.1 cm³/mol. The van der Waals surface area contributed by atoms with E-state index in [1.54, 1.807) is 17.4 Å². The Labute approximate surface area is 115 Å². The maximum atomic E-state index is 13.1. The van der Waals surface area contributed by atoms with Gasteiger partial charge in [-0.25, -0.2) is 9.37 Å². The summed E-state index contributed by atoms with van der Waals surface area (Å²) < 4.78 is 14.8. The average Bonchev–Trinajstić information content (AvgIpc) is 2.71. The molecule has 0 amide bonds. The minimum Gasteiger partial charge on any atom is -0.399 e. The molecule has 18 heavy (non-hydrogen) atoms. The van der Waals surface area contributed by atoms with Gasteiger partial charge in [-0.05, 0) is 52.3 Å². The molecule has 0 aliphatic rings. The molecule has 0 radical (unpaired) electrons. The van der Waals surface area contributed by atoms with Crippen molar-refractivity contribution < 1.29 is 4.39 Å². The van der Waals surface area contributed by atoms with Crippen LogP contribution in [0.15, 0.2) is 40.9 Å². The van der Waals surface area contributed by atoms with Gasteiger partial charge in [-0.2, -0.15) is 0 Å². The van der Waals surface area contributed by atoms with Gasteiger partial charge < -0.3 is 5.73 Å². The molecule has 1 aromatic heterocycles. The van der Waals surface area contributed by atoms with Crippen LogP contribution in [0.25, 0.3) is 20.8 Å². The Kier molecular flexibility index (Phi) is 2.80. The lowest BCUT2D eigenvalue weighted by Crippen LogP contribution is -1.82. The van der Waals surface area contributed by atoms with E-state index in [1.165, 1.54) is 12.1 Å². The second-order valence-electron chi connectivity index (χ2n) is 3.87. The Morgan fingerprint density at radius 1 is 1.17 bits per heavy atom. The second kappa shape index (κ2) is 4.33. The van der Waals surface area contributed by atoms with Crippen molar-refractivity contribution in [2.45, 2.75) is 0 Å². The van der Waals surface area contributed by atoms with Gasteiger partial charge >= 0.3 is 0 Å². The number of nitrogen functional groups attached to an aromatic ring is 1. The van der Waals surface area contributed by atoms with E-state index in [9.17, 15) is 4.39 Å². The fourth-order valence-electron chi connectivity index (χ4n) is 1.72. The molecule has 1 heterocycles. The molecule has 0 spiro atoms. The number of anilines is 1. The van der Waals surface area contributed by atoms with Crippen molar-refractivity contribution >= 4 is 43.2 Å². The van der Waals surface area contributed by atoms with E-state index >= 15 is 0 Å². The van der Waals surface area contributed by atoms with Gasteiger partial charge in [0.15, 0.2) is 0 Å². The summed E-state index contributed by atoms with van der Waals surface area (Å²) in [4.78, 5) is 4.53. The number of benzene rings is 2. The molecular formula is C13H8BrFN2S. The van der Waals surface area contributed by atoms with Crippen molar-refractivity contribution in [3.63, 3.8) is 0 Å². The summed E-state index contributed by atoms with van der Waals surface area (Å²) >= 11 is 4.90. The number of aromatic nitrogens is 1. The minimum absolute atomic E-state index is 0.268. The number of rotatable bonds is 1. The van der Waals surface area contributed by atoms with Gasteiger partial charge in [0.2, 0.25) is 0 Å². The number of hydrogen-bond acceptors (Lipinski definition) is 3. The van der Waals surface area contributed by atoms with Gasteiger partial charge in [0, 0.05) is 15.7 Å². The zero-order valence-corrected chi connectivity index (χ0v) is 11.6. The first-order valence-electron chi connectivity index (χ1n) is 5.25. The van der Waals surface area contributed by atoms with E-state index in [-0.39, 0.29) is 5.82 Å². The average molecular weight is 323 g/mol. The SMILES string of the molecule is Nc1ccc2nc(-c3ccc(F)cc3Br)sc2c1. The maximum Gasteiger partial charge on any atom is 0.125 e. The molecule has 2 aromatic carbocycles. The van der Waals surface area contributed by atoms with Crippen LogP contribution in [-0.2, 0) is 0 Å². The third-order valence-electron chi connectivity index (χ3n) is 2.57. The highest BCUT2D eigenvalue weighted by atomic mass is 79.9. The normalized spacial score (nSPS) is 11.0. The second-order valence-corrected chi connectivity index (χ2v) is 5.76. The molecule has 0 unspecified atom stereocenters. The van der Waals surface area contributed by atoms with Gasteiger partial charge in [0.1, 0.15) is 10.8 Å². The van der Waals surface area contributed by atoms with Crippen LogP contribution < -0.4 is 5.73 Å². The fourth-order valence-corrected chi connectivity index (χ4v) is 3.44. The van der Waals surface area contributed by atoms with Crippen LogP contribution in [0.1, 0.15) is 0 Å². The number of nitrogens with zero attached hydrogens (tertiary/aromatic N) is 1. The Hall–Kier alpha value is -1.46. The van der Waals surface area contributed by atoms with Crippen molar-refractivity contribution in [1.29, 1.82) is 0 Å². The quantitative estimate of drug-likeness (QED) is 0.672. The van der Waals surface area contributed by atoms with Crippen molar-refractivity contribution in [3.05, 3.63) is 46.7 Å². The molecule has 0 bridgehead atoms. The van der Waals surface area contributed by atoms with Crippen molar-refractivity contribution in [2.75, 3.05) is 5.73 Å². The zero-order chi connectivity index (χ0) is 12.7. The lowest BCUT2D eigenvalue weighted by atomic mass is 10.2. The number of thiazole rings is 1. The minimum atomic E-state index is -0.268. The summed E-state index contributed by atoms with van der Waals surface area (Å²) in [6.07, 6.45) is 0.